The third kappa shape index (κ3) is 4.69. The Labute approximate surface area is 152 Å². The van der Waals surface area contributed by atoms with Gasteiger partial charge in [0, 0.05) is 18.8 Å². The van der Waals surface area contributed by atoms with E-state index in [0.717, 1.165) is 35.0 Å². The van der Waals surface area contributed by atoms with E-state index in [-0.39, 0.29) is 6.03 Å². The zero-order chi connectivity index (χ0) is 18.0. The highest BCUT2D eigenvalue weighted by Crippen LogP contribution is 2.30. The first-order valence-corrected chi connectivity index (χ1v) is 9.45. The van der Waals surface area contributed by atoms with E-state index in [2.05, 4.69) is 45.6 Å². The maximum absolute atomic E-state index is 12.2. The number of hydrogen-bond acceptors (Lipinski definition) is 5. The van der Waals surface area contributed by atoms with Crippen LogP contribution in [0.2, 0.25) is 0 Å². The van der Waals surface area contributed by atoms with Crippen LogP contribution in [0.3, 0.4) is 0 Å². The maximum atomic E-state index is 12.2. The van der Waals surface area contributed by atoms with E-state index in [4.69, 9.17) is 0 Å². The number of nitrogens with one attached hydrogen (secondary N) is 2. The molecular formula is C18H25N5OS. The molecule has 25 heavy (non-hydrogen) atoms. The van der Waals surface area contributed by atoms with Gasteiger partial charge < -0.3 is 10.2 Å². The first-order chi connectivity index (χ1) is 11.9. The molecule has 0 saturated carbocycles. The molecule has 2 amide bonds. The summed E-state index contributed by atoms with van der Waals surface area (Å²) >= 11 is 1.42. The van der Waals surface area contributed by atoms with Crippen LogP contribution >= 0.6 is 11.3 Å². The van der Waals surface area contributed by atoms with Crippen molar-refractivity contribution < 1.29 is 4.79 Å². The van der Waals surface area contributed by atoms with Gasteiger partial charge in [0.25, 0.3) is 0 Å². The minimum absolute atomic E-state index is 0.298. The summed E-state index contributed by atoms with van der Waals surface area (Å²) in [7, 11) is 0. The smallest absolute Gasteiger partial charge is 0.325 e. The summed E-state index contributed by atoms with van der Waals surface area (Å²) in [5.41, 5.74) is 3.00. The Hall–Kier alpha value is -2.15. The third-order valence-electron chi connectivity index (χ3n) is 4.25. The molecule has 0 aliphatic carbocycles. The second-order valence-corrected chi connectivity index (χ2v) is 8.15. The highest BCUT2D eigenvalue weighted by molar-refractivity contribution is 7.19. The van der Waals surface area contributed by atoms with Crippen molar-refractivity contribution in [3.8, 4) is 0 Å². The molecule has 3 rings (SSSR count). The van der Waals surface area contributed by atoms with Crippen LogP contribution < -0.4 is 15.5 Å². The van der Waals surface area contributed by atoms with Crippen LogP contribution in [0.15, 0.2) is 18.2 Å². The summed E-state index contributed by atoms with van der Waals surface area (Å²) in [6.45, 7) is 10.5. The van der Waals surface area contributed by atoms with Gasteiger partial charge in [0.05, 0.1) is 0 Å². The number of piperidine rings is 1. The Bertz CT molecular complexity index is 729. The molecule has 134 valence electrons. The van der Waals surface area contributed by atoms with E-state index in [9.17, 15) is 4.79 Å². The molecular weight excluding hydrogens is 334 g/mol. The van der Waals surface area contributed by atoms with E-state index < -0.39 is 0 Å². The van der Waals surface area contributed by atoms with Gasteiger partial charge in [0.1, 0.15) is 0 Å². The molecule has 1 aliphatic rings. The summed E-state index contributed by atoms with van der Waals surface area (Å²) in [5.74, 6) is 1.30. The van der Waals surface area contributed by atoms with Crippen molar-refractivity contribution in [3.05, 3.63) is 29.3 Å². The standard InChI is InChI=1S/C18H25N5OS/c1-11-5-12(2)8-15(7-11)19-16(24)20-17-21-22-18(25-17)23-9-13(3)6-14(4)10-23/h5,7-8,13-14H,6,9-10H2,1-4H3,(H2,19,20,21,24)/t13-,14-/m1/s1. The summed E-state index contributed by atoms with van der Waals surface area (Å²) < 4.78 is 0. The number of urea groups is 1. The van der Waals surface area contributed by atoms with E-state index in [1.165, 1.54) is 17.8 Å². The van der Waals surface area contributed by atoms with Gasteiger partial charge >= 0.3 is 6.03 Å². The van der Waals surface area contributed by atoms with Crippen molar-refractivity contribution in [2.75, 3.05) is 28.6 Å². The van der Waals surface area contributed by atoms with Gasteiger partial charge in [0.15, 0.2) is 0 Å². The van der Waals surface area contributed by atoms with Crippen LogP contribution in [0.1, 0.15) is 31.4 Å². The predicted octanol–water partition coefficient (Wildman–Crippen LogP) is 4.28. The van der Waals surface area contributed by atoms with E-state index in [1.807, 2.05) is 26.0 Å². The van der Waals surface area contributed by atoms with E-state index in [1.54, 1.807) is 0 Å². The van der Waals surface area contributed by atoms with Gasteiger partial charge in [-0.1, -0.05) is 31.3 Å². The molecule has 1 aromatic heterocycles. The number of anilines is 3. The molecule has 2 atom stereocenters. The van der Waals surface area contributed by atoms with Crippen molar-refractivity contribution in [3.63, 3.8) is 0 Å². The Kier molecular flexibility index (Phi) is 5.22. The van der Waals surface area contributed by atoms with Crippen LogP contribution in [-0.4, -0.2) is 29.3 Å². The number of rotatable bonds is 3. The van der Waals surface area contributed by atoms with E-state index >= 15 is 0 Å². The lowest BCUT2D eigenvalue weighted by molar-refractivity contribution is 0.262. The molecule has 7 heteroatoms. The summed E-state index contributed by atoms with van der Waals surface area (Å²) in [4.78, 5) is 14.5. The maximum Gasteiger partial charge on any atom is 0.325 e. The largest absolute Gasteiger partial charge is 0.346 e. The molecule has 0 radical (unpaired) electrons. The fourth-order valence-electron chi connectivity index (χ4n) is 3.52. The predicted molar refractivity (Wildman–Crippen MR) is 104 cm³/mol. The SMILES string of the molecule is Cc1cc(C)cc(NC(=O)Nc2nnc(N3C[C@H](C)C[C@@H](C)C3)s2)c1. The van der Waals surface area contributed by atoms with Crippen molar-refractivity contribution in [1.29, 1.82) is 0 Å². The summed E-state index contributed by atoms with van der Waals surface area (Å²) in [5, 5.41) is 15.4. The number of carbonyl (C=O) groups excluding carboxylic acids is 1. The normalized spacial score (nSPS) is 20.4. The Balaban J connectivity index is 1.61. The topological polar surface area (TPSA) is 70.1 Å². The highest BCUT2D eigenvalue weighted by atomic mass is 32.1. The monoisotopic (exact) mass is 359 g/mol. The van der Waals surface area contributed by atoms with Crippen molar-refractivity contribution in [2.45, 2.75) is 34.1 Å². The van der Waals surface area contributed by atoms with Crippen molar-refractivity contribution in [2.24, 2.45) is 11.8 Å². The van der Waals surface area contributed by atoms with Crippen molar-refractivity contribution >= 4 is 33.3 Å². The Morgan fingerprint density at radius 1 is 1.08 bits per heavy atom. The van der Waals surface area contributed by atoms with Gasteiger partial charge in [-0.15, -0.1) is 10.2 Å². The molecule has 1 fully saturated rings. The lowest BCUT2D eigenvalue weighted by Crippen LogP contribution is -2.38. The van der Waals surface area contributed by atoms with Crippen LogP contribution in [0.25, 0.3) is 0 Å². The van der Waals surface area contributed by atoms with Gasteiger partial charge in [-0.3, -0.25) is 5.32 Å². The Morgan fingerprint density at radius 2 is 1.72 bits per heavy atom. The molecule has 6 nitrogen and oxygen atoms in total. The number of nitrogens with zero attached hydrogens (tertiary/aromatic N) is 3. The first-order valence-electron chi connectivity index (χ1n) is 8.64. The van der Waals surface area contributed by atoms with Gasteiger partial charge in [-0.2, -0.15) is 0 Å². The van der Waals surface area contributed by atoms with Gasteiger partial charge in [0.2, 0.25) is 10.3 Å². The quantitative estimate of drug-likeness (QED) is 0.858. The molecule has 2 aromatic rings. The molecule has 0 spiro atoms. The fraction of sp³-hybridized carbons (Fsp3) is 0.500. The highest BCUT2D eigenvalue weighted by Gasteiger charge is 2.24. The zero-order valence-corrected chi connectivity index (χ0v) is 16.0. The van der Waals surface area contributed by atoms with Gasteiger partial charge in [-0.05, 0) is 55.4 Å². The fourth-order valence-corrected chi connectivity index (χ4v) is 4.28. The summed E-state index contributed by atoms with van der Waals surface area (Å²) in [6.07, 6.45) is 1.25. The average Bonchev–Trinajstić information content (AvgIpc) is 2.93. The molecule has 1 aliphatic heterocycles. The number of aryl methyl sites for hydroxylation is 2. The van der Waals surface area contributed by atoms with Gasteiger partial charge in [-0.25, -0.2) is 4.79 Å². The van der Waals surface area contributed by atoms with Crippen LogP contribution in [0.5, 0.6) is 0 Å². The minimum Gasteiger partial charge on any atom is -0.346 e. The number of carbonyl (C=O) groups is 1. The Morgan fingerprint density at radius 3 is 2.36 bits per heavy atom. The number of benzene rings is 1. The molecule has 1 saturated heterocycles. The zero-order valence-electron chi connectivity index (χ0n) is 15.2. The first kappa shape index (κ1) is 17.7. The molecule has 0 bridgehead atoms. The third-order valence-corrected chi connectivity index (χ3v) is 5.15. The number of aromatic nitrogens is 2. The number of hydrogen-bond donors (Lipinski definition) is 2. The molecule has 0 unspecified atom stereocenters. The summed E-state index contributed by atoms with van der Waals surface area (Å²) in [6, 6.07) is 5.65. The van der Waals surface area contributed by atoms with Crippen molar-refractivity contribution in [1.82, 2.24) is 10.2 Å². The lowest BCUT2D eigenvalue weighted by atomic mass is 9.92. The lowest BCUT2D eigenvalue weighted by Gasteiger charge is -2.34. The molecule has 1 aromatic carbocycles. The molecule has 2 heterocycles. The second-order valence-electron chi connectivity index (χ2n) is 7.20. The molecule has 2 N–H and O–H groups in total. The van der Waals surface area contributed by atoms with E-state index in [0.29, 0.717) is 17.0 Å². The van der Waals surface area contributed by atoms with Crippen LogP contribution in [0.4, 0.5) is 20.7 Å². The second kappa shape index (κ2) is 7.39. The number of amides is 2. The average molecular weight is 359 g/mol. The minimum atomic E-state index is -0.298. The van der Waals surface area contributed by atoms with Crippen LogP contribution in [0, 0.1) is 25.7 Å². The van der Waals surface area contributed by atoms with Crippen LogP contribution in [-0.2, 0) is 0 Å².